The summed E-state index contributed by atoms with van der Waals surface area (Å²) in [6.45, 7) is 3.29. The summed E-state index contributed by atoms with van der Waals surface area (Å²) in [6.07, 6.45) is 1.58. The van der Waals surface area contributed by atoms with Gasteiger partial charge < -0.3 is 4.74 Å². The lowest BCUT2D eigenvalue weighted by molar-refractivity contribution is -0.150. The minimum Gasteiger partial charge on any atom is -0.464 e. The number of fused-ring (bicyclic) bond motifs is 1. The summed E-state index contributed by atoms with van der Waals surface area (Å²) in [4.78, 5) is 49.9. The number of aromatic nitrogens is 2. The third-order valence-electron chi connectivity index (χ3n) is 4.43. The SMILES string of the molecule is CCOC(=O)C(C)N1C(=O)S/C(=C\c2ccc3c(c2)n(C)c(=O)n3C)C1=O. The summed E-state index contributed by atoms with van der Waals surface area (Å²) in [5.74, 6) is -1.16. The number of imide groups is 1. The number of carbonyl (C=O) groups is 3. The first kappa shape index (κ1) is 19.0. The van der Waals surface area contributed by atoms with Gasteiger partial charge in [-0.1, -0.05) is 6.07 Å². The van der Waals surface area contributed by atoms with Gasteiger partial charge in [0.2, 0.25) is 0 Å². The molecule has 9 heteroatoms. The number of imidazole rings is 1. The molecule has 0 radical (unpaired) electrons. The zero-order valence-electron chi connectivity index (χ0n) is 15.4. The molecule has 1 fully saturated rings. The van der Waals surface area contributed by atoms with Gasteiger partial charge in [0.25, 0.3) is 11.1 Å². The highest BCUT2D eigenvalue weighted by Crippen LogP contribution is 2.34. The van der Waals surface area contributed by atoms with Crippen LogP contribution < -0.4 is 5.69 Å². The highest BCUT2D eigenvalue weighted by atomic mass is 32.2. The third kappa shape index (κ3) is 3.18. The molecule has 1 saturated heterocycles. The fraction of sp³-hybridized carbons (Fsp3) is 0.333. The third-order valence-corrected chi connectivity index (χ3v) is 5.32. The molecule has 142 valence electrons. The minimum atomic E-state index is -0.985. The first-order valence-electron chi connectivity index (χ1n) is 8.35. The number of thioether (sulfide) groups is 1. The van der Waals surface area contributed by atoms with Crippen LogP contribution in [0.5, 0.6) is 0 Å². The van der Waals surface area contributed by atoms with Gasteiger partial charge in [-0.25, -0.2) is 9.59 Å². The molecule has 3 rings (SSSR count). The molecule has 0 bridgehead atoms. The van der Waals surface area contributed by atoms with Gasteiger partial charge in [0.15, 0.2) is 0 Å². The Bertz CT molecular complexity index is 1050. The Morgan fingerprint density at radius 2 is 1.85 bits per heavy atom. The number of rotatable bonds is 4. The molecular formula is C18H19N3O5S. The van der Waals surface area contributed by atoms with Gasteiger partial charge in [-0.15, -0.1) is 0 Å². The zero-order chi connectivity index (χ0) is 19.9. The molecule has 0 aliphatic carbocycles. The summed E-state index contributed by atoms with van der Waals surface area (Å²) in [5, 5.41) is -0.514. The number of ether oxygens (including phenoxy) is 1. The number of carbonyl (C=O) groups excluding carboxylic acids is 3. The Morgan fingerprint density at radius 3 is 2.52 bits per heavy atom. The maximum atomic E-state index is 12.6. The van der Waals surface area contributed by atoms with Gasteiger partial charge in [0.05, 0.1) is 22.5 Å². The van der Waals surface area contributed by atoms with E-state index in [0.717, 1.165) is 27.7 Å². The maximum Gasteiger partial charge on any atom is 0.329 e. The van der Waals surface area contributed by atoms with Crippen LogP contribution in [0.2, 0.25) is 0 Å². The standard InChI is InChI=1S/C18H19N3O5S/c1-5-26-16(23)10(2)21-15(22)14(27-18(21)25)9-11-6-7-12-13(8-11)20(4)17(24)19(12)3/h6-10H,5H2,1-4H3/b14-9-. The zero-order valence-corrected chi connectivity index (χ0v) is 16.2. The van der Waals surface area contributed by atoms with Crippen LogP contribution in [0.1, 0.15) is 19.4 Å². The molecule has 0 spiro atoms. The number of benzene rings is 1. The van der Waals surface area contributed by atoms with E-state index in [-0.39, 0.29) is 17.2 Å². The van der Waals surface area contributed by atoms with Crippen LogP contribution in [-0.4, -0.2) is 43.8 Å². The Hall–Kier alpha value is -2.81. The summed E-state index contributed by atoms with van der Waals surface area (Å²) >= 11 is 0.775. The Morgan fingerprint density at radius 1 is 1.19 bits per heavy atom. The molecule has 2 amide bonds. The molecule has 1 aliphatic rings. The fourth-order valence-electron chi connectivity index (χ4n) is 2.95. The predicted octanol–water partition coefficient (Wildman–Crippen LogP) is 1.86. The van der Waals surface area contributed by atoms with Crippen LogP contribution in [0, 0.1) is 0 Å². The summed E-state index contributed by atoms with van der Waals surface area (Å²) in [7, 11) is 3.36. The van der Waals surface area contributed by atoms with Crippen molar-refractivity contribution in [2.24, 2.45) is 14.1 Å². The number of hydrogen-bond acceptors (Lipinski definition) is 6. The van der Waals surface area contributed by atoms with Crippen molar-refractivity contribution in [3.8, 4) is 0 Å². The molecular weight excluding hydrogens is 370 g/mol. The molecule has 2 heterocycles. The van der Waals surface area contributed by atoms with E-state index < -0.39 is 23.2 Å². The molecule has 1 aromatic heterocycles. The Kier molecular flexibility index (Phi) is 4.97. The van der Waals surface area contributed by atoms with E-state index in [1.54, 1.807) is 45.3 Å². The maximum absolute atomic E-state index is 12.6. The van der Waals surface area contributed by atoms with E-state index >= 15 is 0 Å². The second-order valence-electron chi connectivity index (χ2n) is 6.13. The molecule has 27 heavy (non-hydrogen) atoms. The summed E-state index contributed by atoms with van der Waals surface area (Å²) in [6, 6.07) is 4.35. The fourth-order valence-corrected chi connectivity index (χ4v) is 3.86. The van der Waals surface area contributed by atoms with E-state index in [1.165, 1.54) is 16.1 Å². The second kappa shape index (κ2) is 7.07. The van der Waals surface area contributed by atoms with Crippen LogP contribution in [0.25, 0.3) is 17.1 Å². The molecule has 2 aromatic rings. The van der Waals surface area contributed by atoms with E-state index in [4.69, 9.17) is 4.74 Å². The summed E-state index contributed by atoms with van der Waals surface area (Å²) < 4.78 is 7.94. The number of amides is 2. The predicted molar refractivity (Wildman–Crippen MR) is 102 cm³/mol. The first-order valence-corrected chi connectivity index (χ1v) is 9.17. The van der Waals surface area contributed by atoms with Crippen LogP contribution in [-0.2, 0) is 28.4 Å². The van der Waals surface area contributed by atoms with Gasteiger partial charge in [-0.3, -0.25) is 23.6 Å². The molecule has 1 atom stereocenters. The van der Waals surface area contributed by atoms with Crippen molar-refractivity contribution in [2.75, 3.05) is 6.61 Å². The van der Waals surface area contributed by atoms with Crippen LogP contribution in [0.15, 0.2) is 27.9 Å². The monoisotopic (exact) mass is 389 g/mol. The van der Waals surface area contributed by atoms with Crippen molar-refractivity contribution in [1.29, 1.82) is 0 Å². The van der Waals surface area contributed by atoms with Gasteiger partial charge >= 0.3 is 11.7 Å². The van der Waals surface area contributed by atoms with Gasteiger partial charge in [-0.2, -0.15) is 0 Å². The number of hydrogen-bond donors (Lipinski definition) is 0. The van der Waals surface area contributed by atoms with Crippen LogP contribution in [0.3, 0.4) is 0 Å². The highest BCUT2D eigenvalue weighted by Gasteiger charge is 2.41. The summed E-state index contributed by atoms with van der Waals surface area (Å²) in [5.41, 5.74) is 2.02. The smallest absolute Gasteiger partial charge is 0.329 e. The van der Waals surface area contributed by atoms with Gasteiger partial charge in [0, 0.05) is 14.1 Å². The van der Waals surface area contributed by atoms with Crippen LogP contribution in [0.4, 0.5) is 4.79 Å². The number of aryl methyl sites for hydroxylation is 2. The van der Waals surface area contributed by atoms with Crippen LogP contribution >= 0.6 is 11.8 Å². The second-order valence-corrected chi connectivity index (χ2v) is 7.12. The largest absolute Gasteiger partial charge is 0.464 e. The topological polar surface area (TPSA) is 90.6 Å². The van der Waals surface area contributed by atoms with Crippen molar-refractivity contribution < 1.29 is 19.1 Å². The lowest BCUT2D eigenvalue weighted by atomic mass is 10.1. The number of esters is 1. The molecule has 8 nitrogen and oxygen atoms in total. The van der Waals surface area contributed by atoms with Crippen molar-refractivity contribution in [1.82, 2.24) is 14.0 Å². The molecule has 1 aliphatic heterocycles. The van der Waals surface area contributed by atoms with E-state index in [2.05, 4.69) is 0 Å². The van der Waals surface area contributed by atoms with E-state index in [0.29, 0.717) is 5.56 Å². The lowest BCUT2D eigenvalue weighted by Gasteiger charge is -2.19. The average Bonchev–Trinajstić information content (AvgIpc) is 3.03. The highest BCUT2D eigenvalue weighted by molar-refractivity contribution is 8.18. The van der Waals surface area contributed by atoms with Gasteiger partial charge in [0.1, 0.15) is 6.04 Å². The average molecular weight is 389 g/mol. The molecule has 1 aromatic carbocycles. The van der Waals surface area contributed by atoms with E-state index in [9.17, 15) is 19.2 Å². The molecule has 0 saturated carbocycles. The van der Waals surface area contributed by atoms with Gasteiger partial charge in [-0.05, 0) is 49.4 Å². The Labute approximate surface area is 159 Å². The minimum absolute atomic E-state index is 0.147. The number of nitrogens with zero attached hydrogens (tertiary/aromatic N) is 3. The Balaban J connectivity index is 1.94. The molecule has 0 N–H and O–H groups in total. The molecule has 1 unspecified atom stereocenters. The quantitative estimate of drug-likeness (QED) is 0.586. The normalized spacial score (nSPS) is 17.2. The lowest BCUT2D eigenvalue weighted by Crippen LogP contribution is -2.42. The van der Waals surface area contributed by atoms with Crippen molar-refractivity contribution in [2.45, 2.75) is 19.9 Å². The first-order chi connectivity index (χ1) is 12.8. The van der Waals surface area contributed by atoms with E-state index in [1.807, 2.05) is 0 Å². The van der Waals surface area contributed by atoms with Crippen molar-refractivity contribution >= 4 is 46.0 Å². The van der Waals surface area contributed by atoms with Crippen molar-refractivity contribution in [3.05, 3.63) is 39.2 Å². The van der Waals surface area contributed by atoms with Crippen molar-refractivity contribution in [3.63, 3.8) is 0 Å².